The molecule has 0 radical (unpaired) electrons. The highest BCUT2D eigenvalue weighted by molar-refractivity contribution is 5.86. The lowest BCUT2D eigenvalue weighted by Crippen LogP contribution is -2.33. The number of hydrazone groups is 1. The Hall–Kier alpha value is -0.860. The first-order valence-electron chi connectivity index (χ1n) is 6.36. The molecule has 92 valence electrons. The van der Waals surface area contributed by atoms with E-state index in [0.717, 1.165) is 12.1 Å². The normalized spacial score (nSPS) is 26.9. The highest BCUT2D eigenvalue weighted by Crippen LogP contribution is 2.29. The summed E-state index contributed by atoms with van der Waals surface area (Å²) < 4.78 is 0. The van der Waals surface area contributed by atoms with Crippen LogP contribution in [0.5, 0.6) is 0 Å². The van der Waals surface area contributed by atoms with Crippen LogP contribution in [-0.4, -0.2) is 11.6 Å². The molecule has 1 amide bonds. The van der Waals surface area contributed by atoms with Crippen LogP contribution in [0, 0.1) is 17.8 Å². The molecular formula is C13H24N2O. The molecule has 0 aliphatic heterocycles. The standard InChI is InChI=1S/C13H24N2O/c1-9(2)11(4)14-15-13(16)12-8-6-5-7-10(12)3/h9-10,12H,5-8H2,1-4H3,(H,15,16)/b14-11+. The smallest absolute Gasteiger partial charge is 0.243 e. The van der Waals surface area contributed by atoms with Gasteiger partial charge in [-0.1, -0.05) is 33.6 Å². The number of hydrogen-bond donors (Lipinski definition) is 1. The SMILES string of the molecule is C/C(=N\NC(=O)C1CCCCC1C)C(C)C. The fourth-order valence-electron chi connectivity index (χ4n) is 2.06. The molecule has 1 N–H and O–H groups in total. The summed E-state index contributed by atoms with van der Waals surface area (Å²) in [6.45, 7) is 8.28. The molecular weight excluding hydrogens is 200 g/mol. The summed E-state index contributed by atoms with van der Waals surface area (Å²) in [6.07, 6.45) is 4.63. The van der Waals surface area contributed by atoms with Gasteiger partial charge in [-0.2, -0.15) is 5.10 Å². The van der Waals surface area contributed by atoms with Crippen LogP contribution in [0.15, 0.2) is 5.10 Å². The van der Waals surface area contributed by atoms with Crippen LogP contribution >= 0.6 is 0 Å². The first-order valence-corrected chi connectivity index (χ1v) is 6.36. The molecule has 2 atom stereocenters. The van der Waals surface area contributed by atoms with Crippen LogP contribution in [0.2, 0.25) is 0 Å². The Bertz CT molecular complexity index is 271. The second-order valence-corrected chi connectivity index (χ2v) is 5.25. The van der Waals surface area contributed by atoms with E-state index < -0.39 is 0 Å². The topological polar surface area (TPSA) is 41.5 Å². The van der Waals surface area contributed by atoms with E-state index in [2.05, 4.69) is 31.3 Å². The lowest BCUT2D eigenvalue weighted by molar-refractivity contribution is -0.127. The van der Waals surface area contributed by atoms with Crippen molar-refractivity contribution in [2.45, 2.75) is 53.4 Å². The average Bonchev–Trinajstić information content (AvgIpc) is 2.25. The van der Waals surface area contributed by atoms with E-state index in [1.807, 2.05) is 6.92 Å². The molecule has 3 heteroatoms. The summed E-state index contributed by atoms with van der Waals surface area (Å²) in [5.74, 6) is 1.16. The van der Waals surface area contributed by atoms with Crippen LogP contribution in [0.3, 0.4) is 0 Å². The van der Waals surface area contributed by atoms with Gasteiger partial charge in [-0.15, -0.1) is 0 Å². The van der Waals surface area contributed by atoms with Crippen LogP contribution in [0.25, 0.3) is 0 Å². The van der Waals surface area contributed by atoms with Gasteiger partial charge in [0.2, 0.25) is 5.91 Å². The molecule has 0 spiro atoms. The molecule has 0 heterocycles. The molecule has 0 saturated heterocycles. The molecule has 3 nitrogen and oxygen atoms in total. The van der Waals surface area contributed by atoms with E-state index in [0.29, 0.717) is 11.8 Å². The van der Waals surface area contributed by atoms with Crippen LogP contribution in [0.4, 0.5) is 0 Å². The Labute approximate surface area is 98.7 Å². The van der Waals surface area contributed by atoms with Gasteiger partial charge in [-0.3, -0.25) is 4.79 Å². The lowest BCUT2D eigenvalue weighted by Gasteiger charge is -2.26. The van der Waals surface area contributed by atoms with Gasteiger partial charge in [0.1, 0.15) is 0 Å². The zero-order chi connectivity index (χ0) is 12.1. The van der Waals surface area contributed by atoms with E-state index in [1.54, 1.807) is 0 Å². The first-order chi connectivity index (χ1) is 7.52. The fourth-order valence-corrected chi connectivity index (χ4v) is 2.06. The molecule has 0 bridgehead atoms. The lowest BCUT2D eigenvalue weighted by atomic mass is 9.80. The third kappa shape index (κ3) is 3.62. The van der Waals surface area contributed by atoms with Gasteiger partial charge in [0, 0.05) is 11.6 Å². The molecule has 0 aromatic heterocycles. The Kier molecular flexibility index (Phi) is 4.97. The van der Waals surface area contributed by atoms with Crippen molar-refractivity contribution < 1.29 is 4.79 Å². The molecule has 16 heavy (non-hydrogen) atoms. The van der Waals surface area contributed by atoms with E-state index in [4.69, 9.17) is 0 Å². The quantitative estimate of drug-likeness (QED) is 0.581. The number of hydrogen-bond acceptors (Lipinski definition) is 2. The van der Waals surface area contributed by atoms with Crippen molar-refractivity contribution in [1.29, 1.82) is 0 Å². The number of carbonyl (C=O) groups is 1. The highest BCUT2D eigenvalue weighted by Gasteiger charge is 2.27. The van der Waals surface area contributed by atoms with Gasteiger partial charge in [0.15, 0.2) is 0 Å². The van der Waals surface area contributed by atoms with Gasteiger partial charge in [-0.05, 0) is 31.6 Å². The zero-order valence-corrected chi connectivity index (χ0v) is 10.9. The molecule has 1 saturated carbocycles. The van der Waals surface area contributed by atoms with Gasteiger partial charge in [-0.25, -0.2) is 5.43 Å². The minimum atomic E-state index is 0.104. The van der Waals surface area contributed by atoms with Crippen LogP contribution in [-0.2, 0) is 4.79 Å². The fraction of sp³-hybridized carbons (Fsp3) is 0.846. The summed E-state index contributed by atoms with van der Waals surface area (Å²) in [5, 5.41) is 4.15. The molecule has 1 rings (SSSR count). The Balaban J connectivity index is 2.48. The third-order valence-electron chi connectivity index (χ3n) is 3.63. The van der Waals surface area contributed by atoms with Crippen molar-refractivity contribution in [3.63, 3.8) is 0 Å². The second kappa shape index (κ2) is 6.02. The number of carbonyl (C=O) groups excluding carboxylic acids is 1. The maximum absolute atomic E-state index is 11.9. The number of nitrogens with one attached hydrogen (secondary N) is 1. The number of rotatable bonds is 3. The van der Waals surface area contributed by atoms with Crippen molar-refractivity contribution in [2.24, 2.45) is 22.9 Å². The van der Waals surface area contributed by atoms with Gasteiger partial charge >= 0.3 is 0 Å². The molecule has 1 aliphatic rings. The van der Waals surface area contributed by atoms with Crippen molar-refractivity contribution in [3.05, 3.63) is 0 Å². The minimum Gasteiger partial charge on any atom is -0.273 e. The Morgan fingerprint density at radius 1 is 1.31 bits per heavy atom. The van der Waals surface area contributed by atoms with Gasteiger partial charge in [0.05, 0.1) is 0 Å². The molecule has 0 aromatic rings. The minimum absolute atomic E-state index is 0.104. The Morgan fingerprint density at radius 3 is 2.50 bits per heavy atom. The molecule has 2 unspecified atom stereocenters. The number of amides is 1. The monoisotopic (exact) mass is 224 g/mol. The zero-order valence-electron chi connectivity index (χ0n) is 10.9. The van der Waals surface area contributed by atoms with E-state index in [9.17, 15) is 4.79 Å². The van der Waals surface area contributed by atoms with Crippen molar-refractivity contribution in [2.75, 3.05) is 0 Å². The largest absolute Gasteiger partial charge is 0.273 e. The summed E-state index contributed by atoms with van der Waals surface area (Å²) in [6, 6.07) is 0. The second-order valence-electron chi connectivity index (χ2n) is 5.25. The predicted molar refractivity (Wildman–Crippen MR) is 67.2 cm³/mol. The third-order valence-corrected chi connectivity index (χ3v) is 3.63. The maximum Gasteiger partial charge on any atom is 0.243 e. The van der Waals surface area contributed by atoms with Crippen molar-refractivity contribution in [3.8, 4) is 0 Å². The predicted octanol–water partition coefficient (Wildman–Crippen LogP) is 2.96. The average molecular weight is 224 g/mol. The Morgan fingerprint density at radius 2 is 1.94 bits per heavy atom. The summed E-state index contributed by atoms with van der Waals surface area (Å²) >= 11 is 0. The number of nitrogens with zero attached hydrogens (tertiary/aromatic N) is 1. The van der Waals surface area contributed by atoms with Crippen molar-refractivity contribution >= 4 is 11.6 Å². The van der Waals surface area contributed by atoms with Crippen molar-refractivity contribution in [1.82, 2.24) is 5.43 Å². The molecule has 1 fully saturated rings. The summed E-state index contributed by atoms with van der Waals surface area (Å²) in [7, 11) is 0. The van der Waals surface area contributed by atoms with Crippen LogP contribution < -0.4 is 5.43 Å². The summed E-state index contributed by atoms with van der Waals surface area (Å²) in [5.41, 5.74) is 3.70. The van der Waals surface area contributed by atoms with Gasteiger partial charge < -0.3 is 0 Å². The van der Waals surface area contributed by atoms with E-state index in [1.165, 1.54) is 19.3 Å². The first kappa shape index (κ1) is 13.2. The van der Waals surface area contributed by atoms with Gasteiger partial charge in [0.25, 0.3) is 0 Å². The molecule has 0 aromatic carbocycles. The van der Waals surface area contributed by atoms with E-state index in [-0.39, 0.29) is 11.8 Å². The highest BCUT2D eigenvalue weighted by atomic mass is 16.2. The summed E-state index contributed by atoms with van der Waals surface area (Å²) in [4.78, 5) is 11.9. The maximum atomic E-state index is 11.9. The molecule has 1 aliphatic carbocycles. The van der Waals surface area contributed by atoms with Crippen LogP contribution in [0.1, 0.15) is 53.4 Å². The van der Waals surface area contributed by atoms with E-state index >= 15 is 0 Å².